The molecule has 1 amide bonds. The maximum atomic E-state index is 12.0. The number of nitrogens with one attached hydrogen (secondary N) is 1. The van der Waals surface area contributed by atoms with Gasteiger partial charge in [0.2, 0.25) is 11.8 Å². The molecule has 2 heterocycles. The van der Waals surface area contributed by atoms with Crippen LogP contribution in [0.15, 0.2) is 77.5 Å². The van der Waals surface area contributed by atoms with Crippen molar-refractivity contribution in [1.82, 2.24) is 20.1 Å². The van der Waals surface area contributed by atoms with Crippen molar-refractivity contribution in [3.63, 3.8) is 0 Å². The molecule has 0 unspecified atom stereocenters. The first-order valence-corrected chi connectivity index (χ1v) is 8.63. The van der Waals surface area contributed by atoms with Crippen LogP contribution in [-0.4, -0.2) is 20.7 Å². The summed E-state index contributed by atoms with van der Waals surface area (Å²) >= 11 is 0. The van der Waals surface area contributed by atoms with Crippen molar-refractivity contribution in [2.45, 2.75) is 13.1 Å². The Labute approximate surface area is 156 Å². The number of hydrogen-bond donors (Lipinski definition) is 1. The number of para-hydroxylation sites is 2. The molecule has 4 aromatic rings. The second-order valence-electron chi connectivity index (χ2n) is 6.09. The Hall–Kier alpha value is -3.67. The third-order valence-electron chi connectivity index (χ3n) is 4.08. The van der Waals surface area contributed by atoms with E-state index in [0.29, 0.717) is 18.0 Å². The van der Waals surface area contributed by atoms with Crippen molar-refractivity contribution in [2.75, 3.05) is 0 Å². The fourth-order valence-electron chi connectivity index (χ4n) is 2.70. The van der Waals surface area contributed by atoms with Crippen LogP contribution >= 0.6 is 0 Å². The summed E-state index contributed by atoms with van der Waals surface area (Å²) in [6.07, 6.45) is 6.69. The first-order chi connectivity index (χ1) is 13.3. The van der Waals surface area contributed by atoms with Gasteiger partial charge in [-0.1, -0.05) is 36.4 Å². The third kappa shape index (κ3) is 4.30. The number of carbonyl (C=O) groups is 1. The lowest BCUT2D eigenvalue weighted by molar-refractivity contribution is -0.116. The Morgan fingerprint density at radius 1 is 1.07 bits per heavy atom. The second-order valence-corrected chi connectivity index (χ2v) is 6.09. The predicted octanol–water partition coefficient (Wildman–Crippen LogP) is 3.40. The summed E-state index contributed by atoms with van der Waals surface area (Å²) in [5.74, 6) is 0.215. The van der Waals surface area contributed by atoms with Crippen LogP contribution in [0.4, 0.5) is 0 Å². The normalized spacial score (nSPS) is 11.3. The zero-order valence-electron chi connectivity index (χ0n) is 14.6. The van der Waals surface area contributed by atoms with Gasteiger partial charge < -0.3 is 9.73 Å². The Morgan fingerprint density at radius 3 is 2.67 bits per heavy atom. The number of fused-ring (bicyclic) bond motifs is 1. The number of benzene rings is 2. The molecular weight excluding hydrogens is 340 g/mol. The van der Waals surface area contributed by atoms with Gasteiger partial charge in [-0.05, 0) is 29.3 Å². The molecule has 2 aromatic carbocycles. The molecule has 0 saturated heterocycles. The number of rotatable bonds is 6. The van der Waals surface area contributed by atoms with E-state index in [4.69, 9.17) is 4.42 Å². The van der Waals surface area contributed by atoms with Crippen LogP contribution in [0.3, 0.4) is 0 Å². The lowest BCUT2D eigenvalue weighted by Crippen LogP contribution is -2.20. The van der Waals surface area contributed by atoms with Gasteiger partial charge in [-0.2, -0.15) is 5.10 Å². The molecule has 0 spiro atoms. The van der Waals surface area contributed by atoms with Gasteiger partial charge in [0.1, 0.15) is 5.52 Å². The number of amides is 1. The van der Waals surface area contributed by atoms with Gasteiger partial charge in [0.15, 0.2) is 5.58 Å². The molecule has 6 nitrogen and oxygen atoms in total. The average molecular weight is 358 g/mol. The van der Waals surface area contributed by atoms with Crippen molar-refractivity contribution >= 4 is 23.1 Å². The first-order valence-electron chi connectivity index (χ1n) is 8.63. The van der Waals surface area contributed by atoms with E-state index in [-0.39, 0.29) is 5.91 Å². The summed E-state index contributed by atoms with van der Waals surface area (Å²) in [6, 6.07) is 17.5. The summed E-state index contributed by atoms with van der Waals surface area (Å²) in [5.41, 5.74) is 3.66. The van der Waals surface area contributed by atoms with Crippen LogP contribution in [0.1, 0.15) is 17.0 Å². The fraction of sp³-hybridized carbons (Fsp3) is 0.0952. The molecule has 1 N–H and O–H groups in total. The standard InChI is InChI=1S/C21H18N4O2/c26-20(10-11-21-24-18-4-1-2-5-19(18)27-21)22-14-16-6-8-17(9-7-16)15-25-13-3-12-23-25/h1-13H,14-15H2,(H,22,26). The molecule has 2 aromatic heterocycles. The highest BCUT2D eigenvalue weighted by Crippen LogP contribution is 2.15. The van der Waals surface area contributed by atoms with Crippen LogP contribution in [0.25, 0.3) is 17.2 Å². The maximum Gasteiger partial charge on any atom is 0.244 e. The van der Waals surface area contributed by atoms with E-state index < -0.39 is 0 Å². The van der Waals surface area contributed by atoms with Gasteiger partial charge in [0.25, 0.3) is 0 Å². The van der Waals surface area contributed by atoms with Crippen LogP contribution in [-0.2, 0) is 17.9 Å². The molecule has 0 bridgehead atoms. The molecule has 134 valence electrons. The number of oxazole rings is 1. The molecule has 0 atom stereocenters. The van der Waals surface area contributed by atoms with Gasteiger partial charge in [-0.25, -0.2) is 4.98 Å². The van der Waals surface area contributed by atoms with E-state index in [2.05, 4.69) is 15.4 Å². The Bertz CT molecular complexity index is 1030. The van der Waals surface area contributed by atoms with Crippen LogP contribution < -0.4 is 5.32 Å². The van der Waals surface area contributed by atoms with Gasteiger partial charge >= 0.3 is 0 Å². The molecule has 0 saturated carbocycles. The molecule has 0 radical (unpaired) electrons. The Morgan fingerprint density at radius 2 is 1.89 bits per heavy atom. The van der Waals surface area contributed by atoms with E-state index in [1.54, 1.807) is 12.3 Å². The predicted molar refractivity (Wildman–Crippen MR) is 103 cm³/mol. The van der Waals surface area contributed by atoms with E-state index in [1.165, 1.54) is 6.08 Å². The summed E-state index contributed by atoms with van der Waals surface area (Å²) in [4.78, 5) is 16.3. The Kier molecular flexibility index (Phi) is 4.78. The van der Waals surface area contributed by atoms with Crippen LogP contribution in [0.2, 0.25) is 0 Å². The average Bonchev–Trinajstić information content (AvgIpc) is 3.35. The molecule has 0 aliphatic rings. The smallest absolute Gasteiger partial charge is 0.244 e. The minimum atomic E-state index is -0.196. The van der Waals surface area contributed by atoms with Gasteiger partial charge in [-0.3, -0.25) is 9.48 Å². The summed E-state index contributed by atoms with van der Waals surface area (Å²) in [6.45, 7) is 1.19. The van der Waals surface area contributed by atoms with Crippen molar-refractivity contribution in [3.8, 4) is 0 Å². The molecule has 27 heavy (non-hydrogen) atoms. The van der Waals surface area contributed by atoms with E-state index >= 15 is 0 Å². The van der Waals surface area contributed by atoms with E-state index in [1.807, 2.05) is 65.5 Å². The van der Waals surface area contributed by atoms with Crippen LogP contribution in [0, 0.1) is 0 Å². The lowest BCUT2D eigenvalue weighted by Gasteiger charge is -2.05. The Balaban J connectivity index is 1.30. The first kappa shape index (κ1) is 16.8. The molecule has 6 heteroatoms. The van der Waals surface area contributed by atoms with Crippen molar-refractivity contribution < 1.29 is 9.21 Å². The summed E-state index contributed by atoms with van der Waals surface area (Å²) in [5, 5.41) is 7.05. The zero-order chi connectivity index (χ0) is 18.5. The molecular formula is C21H18N4O2. The van der Waals surface area contributed by atoms with Crippen molar-refractivity contribution in [2.24, 2.45) is 0 Å². The number of nitrogens with zero attached hydrogens (tertiary/aromatic N) is 3. The maximum absolute atomic E-state index is 12.0. The third-order valence-corrected chi connectivity index (χ3v) is 4.08. The quantitative estimate of drug-likeness (QED) is 0.536. The molecule has 0 fully saturated rings. The largest absolute Gasteiger partial charge is 0.437 e. The number of hydrogen-bond acceptors (Lipinski definition) is 4. The monoisotopic (exact) mass is 358 g/mol. The summed E-state index contributed by atoms with van der Waals surface area (Å²) in [7, 11) is 0. The molecule has 0 aliphatic carbocycles. The molecule has 0 aliphatic heterocycles. The minimum Gasteiger partial charge on any atom is -0.437 e. The topological polar surface area (TPSA) is 73.0 Å². The number of aromatic nitrogens is 3. The minimum absolute atomic E-state index is 0.196. The molecule has 4 rings (SSSR count). The highest BCUT2D eigenvalue weighted by molar-refractivity contribution is 5.91. The zero-order valence-corrected chi connectivity index (χ0v) is 14.6. The van der Waals surface area contributed by atoms with Crippen molar-refractivity contribution in [3.05, 3.63) is 90.1 Å². The van der Waals surface area contributed by atoms with Gasteiger partial charge in [0.05, 0.1) is 6.54 Å². The number of carbonyl (C=O) groups excluding carboxylic acids is 1. The highest BCUT2D eigenvalue weighted by Gasteiger charge is 2.03. The fourth-order valence-corrected chi connectivity index (χ4v) is 2.70. The summed E-state index contributed by atoms with van der Waals surface area (Å²) < 4.78 is 7.42. The van der Waals surface area contributed by atoms with Gasteiger partial charge in [0, 0.05) is 31.1 Å². The SMILES string of the molecule is O=C(C=Cc1nc2ccccc2o1)NCc1ccc(Cn2cccn2)cc1. The van der Waals surface area contributed by atoms with Crippen molar-refractivity contribution in [1.29, 1.82) is 0 Å². The lowest BCUT2D eigenvalue weighted by atomic mass is 10.1. The van der Waals surface area contributed by atoms with Gasteiger partial charge in [-0.15, -0.1) is 0 Å². The van der Waals surface area contributed by atoms with E-state index in [0.717, 1.165) is 23.2 Å². The highest BCUT2D eigenvalue weighted by atomic mass is 16.3. The van der Waals surface area contributed by atoms with Crippen LogP contribution in [0.5, 0.6) is 0 Å². The second kappa shape index (κ2) is 7.70. The van der Waals surface area contributed by atoms with E-state index in [9.17, 15) is 4.79 Å².